The Kier molecular flexibility index (Phi) is 3.70. The Labute approximate surface area is 120 Å². The molecule has 1 N–H and O–H groups in total. The van der Waals surface area contributed by atoms with Crippen molar-refractivity contribution in [2.45, 2.75) is 13.0 Å². The lowest BCUT2D eigenvalue weighted by Crippen LogP contribution is -2.51. The van der Waals surface area contributed by atoms with Gasteiger partial charge in [0, 0.05) is 43.4 Å². The third kappa shape index (κ3) is 2.68. The Hall–Kier alpha value is -1.86. The molecule has 0 aliphatic carbocycles. The molecule has 2 aromatic heterocycles. The van der Waals surface area contributed by atoms with Crippen LogP contribution >= 0.6 is 11.3 Å². The Morgan fingerprint density at radius 1 is 1.45 bits per heavy atom. The lowest BCUT2D eigenvalue weighted by molar-refractivity contribution is 0.0704. The summed E-state index contributed by atoms with van der Waals surface area (Å²) in [6, 6.07) is 2.08. The highest BCUT2D eigenvalue weighted by atomic mass is 32.1. The maximum absolute atomic E-state index is 12.4. The van der Waals surface area contributed by atoms with Crippen LogP contribution in [-0.4, -0.2) is 51.4 Å². The first kappa shape index (κ1) is 13.1. The average Bonchev–Trinajstić information content (AvgIpc) is 2.97. The van der Waals surface area contributed by atoms with Crippen LogP contribution < -0.4 is 5.32 Å². The van der Waals surface area contributed by atoms with Crippen molar-refractivity contribution in [1.82, 2.24) is 25.2 Å². The average molecular weight is 289 g/mol. The van der Waals surface area contributed by atoms with Gasteiger partial charge in [0.1, 0.15) is 5.69 Å². The summed E-state index contributed by atoms with van der Waals surface area (Å²) in [7, 11) is 0. The highest BCUT2D eigenvalue weighted by Crippen LogP contribution is 2.20. The number of thiazole rings is 1. The number of carbonyl (C=O) groups is 1. The van der Waals surface area contributed by atoms with Crippen LogP contribution in [0, 0.1) is 0 Å². The van der Waals surface area contributed by atoms with Crippen molar-refractivity contribution in [1.29, 1.82) is 0 Å². The summed E-state index contributed by atoms with van der Waals surface area (Å²) in [6.07, 6.45) is 3.34. The van der Waals surface area contributed by atoms with Crippen LogP contribution in [0.4, 0.5) is 0 Å². The second kappa shape index (κ2) is 5.64. The minimum atomic E-state index is -0.0169. The number of aromatic nitrogens is 3. The molecule has 3 rings (SSSR count). The zero-order chi connectivity index (χ0) is 13.9. The molecule has 1 atom stereocenters. The fourth-order valence-electron chi connectivity index (χ4n) is 2.16. The van der Waals surface area contributed by atoms with Crippen molar-refractivity contribution in [2.75, 3.05) is 19.6 Å². The molecule has 1 amide bonds. The largest absolute Gasteiger partial charge is 0.334 e. The van der Waals surface area contributed by atoms with Crippen LogP contribution in [-0.2, 0) is 0 Å². The third-order valence-electron chi connectivity index (χ3n) is 3.14. The Morgan fingerprint density at radius 2 is 2.25 bits per heavy atom. The van der Waals surface area contributed by atoms with Gasteiger partial charge in [-0.05, 0) is 13.0 Å². The maximum atomic E-state index is 12.4. The van der Waals surface area contributed by atoms with Gasteiger partial charge in [0.25, 0.3) is 5.91 Å². The molecule has 1 saturated heterocycles. The molecule has 0 saturated carbocycles. The summed E-state index contributed by atoms with van der Waals surface area (Å²) in [4.78, 5) is 26.9. The summed E-state index contributed by atoms with van der Waals surface area (Å²) in [5, 5.41) is 5.77. The van der Waals surface area contributed by atoms with E-state index in [0.717, 1.165) is 13.1 Å². The second-order valence-corrected chi connectivity index (χ2v) is 5.57. The van der Waals surface area contributed by atoms with Gasteiger partial charge in [0.2, 0.25) is 0 Å². The molecule has 1 aliphatic rings. The second-order valence-electron chi connectivity index (χ2n) is 4.72. The van der Waals surface area contributed by atoms with Crippen molar-refractivity contribution >= 4 is 17.2 Å². The first-order valence-electron chi connectivity index (χ1n) is 6.49. The minimum absolute atomic E-state index is 0.0169. The molecule has 20 heavy (non-hydrogen) atoms. The van der Waals surface area contributed by atoms with Crippen molar-refractivity contribution in [2.24, 2.45) is 0 Å². The molecule has 0 bridgehead atoms. The quantitative estimate of drug-likeness (QED) is 0.894. The number of hydrogen-bond donors (Lipinski definition) is 1. The Bertz CT molecular complexity index is 600. The van der Waals surface area contributed by atoms with E-state index in [1.54, 1.807) is 23.8 Å². The predicted octanol–water partition coefficient (Wildman–Crippen LogP) is 1.03. The van der Waals surface area contributed by atoms with E-state index in [1.807, 2.05) is 4.90 Å². The van der Waals surface area contributed by atoms with Crippen molar-refractivity contribution in [3.8, 4) is 10.8 Å². The highest BCUT2D eigenvalue weighted by molar-refractivity contribution is 7.13. The normalized spacial score (nSPS) is 19.1. The van der Waals surface area contributed by atoms with Crippen molar-refractivity contribution < 1.29 is 4.79 Å². The molecule has 0 aromatic carbocycles. The lowest BCUT2D eigenvalue weighted by Gasteiger charge is -2.31. The smallest absolute Gasteiger partial charge is 0.273 e. The summed E-state index contributed by atoms with van der Waals surface area (Å²) >= 11 is 1.40. The summed E-state index contributed by atoms with van der Waals surface area (Å²) in [6.45, 7) is 4.33. The first-order chi connectivity index (χ1) is 9.74. The Balaban J connectivity index is 1.78. The summed E-state index contributed by atoms with van der Waals surface area (Å²) in [5.74, 6) is 0.544. The molecule has 7 heteroatoms. The SMILES string of the molecule is CC1CN(C(=O)c2csc(-c3ncccn3)n2)CCN1. The number of nitrogens with one attached hydrogen (secondary N) is 1. The maximum Gasteiger partial charge on any atom is 0.273 e. The monoisotopic (exact) mass is 289 g/mol. The topological polar surface area (TPSA) is 71.0 Å². The first-order valence-corrected chi connectivity index (χ1v) is 7.37. The molecular formula is C13H15N5OS. The predicted molar refractivity (Wildman–Crippen MR) is 76.5 cm³/mol. The summed E-state index contributed by atoms with van der Waals surface area (Å²) in [5.41, 5.74) is 0.478. The molecule has 1 unspecified atom stereocenters. The number of hydrogen-bond acceptors (Lipinski definition) is 6. The van der Waals surface area contributed by atoms with Crippen LogP contribution in [0.1, 0.15) is 17.4 Å². The molecule has 0 spiro atoms. The van der Waals surface area contributed by atoms with E-state index >= 15 is 0 Å². The number of nitrogens with zero attached hydrogens (tertiary/aromatic N) is 4. The minimum Gasteiger partial charge on any atom is -0.334 e. The van der Waals surface area contributed by atoms with Gasteiger partial charge in [0.05, 0.1) is 0 Å². The molecule has 1 fully saturated rings. The van der Waals surface area contributed by atoms with Gasteiger partial charge >= 0.3 is 0 Å². The van der Waals surface area contributed by atoms with E-state index in [1.165, 1.54) is 11.3 Å². The van der Waals surface area contributed by atoms with Gasteiger partial charge < -0.3 is 10.2 Å². The van der Waals surface area contributed by atoms with Crippen LogP contribution in [0.15, 0.2) is 23.8 Å². The van der Waals surface area contributed by atoms with Gasteiger partial charge in [-0.1, -0.05) is 0 Å². The molecule has 3 heterocycles. The van der Waals surface area contributed by atoms with Gasteiger partial charge in [-0.2, -0.15) is 0 Å². The molecule has 0 radical (unpaired) electrons. The van der Waals surface area contributed by atoms with E-state index in [-0.39, 0.29) is 5.91 Å². The zero-order valence-corrected chi connectivity index (χ0v) is 11.9. The summed E-state index contributed by atoms with van der Waals surface area (Å²) < 4.78 is 0. The fourth-order valence-corrected chi connectivity index (χ4v) is 2.90. The molecule has 104 valence electrons. The number of amides is 1. The van der Waals surface area contributed by atoms with E-state index in [4.69, 9.17) is 0 Å². The van der Waals surface area contributed by atoms with Crippen LogP contribution in [0.3, 0.4) is 0 Å². The van der Waals surface area contributed by atoms with Gasteiger partial charge in [0.15, 0.2) is 10.8 Å². The van der Waals surface area contributed by atoms with E-state index < -0.39 is 0 Å². The molecule has 1 aliphatic heterocycles. The van der Waals surface area contributed by atoms with Gasteiger partial charge in [-0.15, -0.1) is 11.3 Å². The highest BCUT2D eigenvalue weighted by Gasteiger charge is 2.23. The number of rotatable bonds is 2. The van der Waals surface area contributed by atoms with Crippen LogP contribution in [0.5, 0.6) is 0 Å². The molecule has 6 nitrogen and oxygen atoms in total. The van der Waals surface area contributed by atoms with E-state index in [2.05, 4.69) is 27.2 Å². The van der Waals surface area contributed by atoms with Crippen LogP contribution in [0.2, 0.25) is 0 Å². The lowest BCUT2D eigenvalue weighted by atomic mass is 10.2. The fraction of sp³-hybridized carbons (Fsp3) is 0.385. The van der Waals surface area contributed by atoms with Crippen molar-refractivity contribution in [3.05, 3.63) is 29.5 Å². The Morgan fingerprint density at radius 3 is 3.00 bits per heavy atom. The standard InChI is InChI=1S/C13H15N5OS/c1-9-7-18(6-5-14-9)13(19)10-8-20-12(17-10)11-15-3-2-4-16-11/h2-4,8-9,14H,5-7H2,1H3. The zero-order valence-electron chi connectivity index (χ0n) is 11.1. The van der Waals surface area contributed by atoms with Gasteiger partial charge in [-0.25, -0.2) is 15.0 Å². The molecular weight excluding hydrogens is 274 g/mol. The van der Waals surface area contributed by atoms with Crippen molar-refractivity contribution in [3.63, 3.8) is 0 Å². The number of piperazine rings is 1. The number of carbonyl (C=O) groups excluding carboxylic acids is 1. The van der Waals surface area contributed by atoms with Gasteiger partial charge in [-0.3, -0.25) is 4.79 Å². The van der Waals surface area contributed by atoms with E-state index in [0.29, 0.717) is 29.1 Å². The van der Waals surface area contributed by atoms with E-state index in [9.17, 15) is 4.79 Å². The third-order valence-corrected chi connectivity index (χ3v) is 3.97. The molecule has 2 aromatic rings. The van der Waals surface area contributed by atoms with Crippen LogP contribution in [0.25, 0.3) is 10.8 Å².